The summed E-state index contributed by atoms with van der Waals surface area (Å²) in [6, 6.07) is 2.40. The number of hydrogen-bond donors (Lipinski definition) is 3. The van der Waals surface area contributed by atoms with Crippen LogP contribution in [-0.4, -0.2) is 72.5 Å². The van der Waals surface area contributed by atoms with Gasteiger partial charge in [0.05, 0.1) is 17.2 Å². The highest BCUT2D eigenvalue weighted by Crippen LogP contribution is 2.33. The number of aryl methyl sites for hydroxylation is 1. The quantitative estimate of drug-likeness (QED) is 0.556. The van der Waals surface area contributed by atoms with E-state index in [4.69, 9.17) is 4.74 Å². The Hall–Kier alpha value is -3.05. The molecule has 4 rings (SSSR count). The van der Waals surface area contributed by atoms with E-state index in [0.29, 0.717) is 37.4 Å². The van der Waals surface area contributed by atoms with Crippen molar-refractivity contribution in [2.24, 2.45) is 5.92 Å². The summed E-state index contributed by atoms with van der Waals surface area (Å²) >= 11 is 1.42. The minimum absolute atomic E-state index is 0.182. The second kappa shape index (κ2) is 12.5. The van der Waals surface area contributed by atoms with Gasteiger partial charge in [-0.05, 0) is 50.2 Å². The third kappa shape index (κ3) is 7.26. The molecular weight excluding hydrogens is 497 g/mol. The third-order valence-electron chi connectivity index (χ3n) is 6.87. The number of carbonyl (C=O) groups is 3. The van der Waals surface area contributed by atoms with Crippen molar-refractivity contribution in [2.75, 3.05) is 26.7 Å². The first-order chi connectivity index (χ1) is 17.8. The summed E-state index contributed by atoms with van der Waals surface area (Å²) in [5.74, 6) is -0.632. The Morgan fingerprint density at radius 2 is 2.00 bits per heavy atom. The van der Waals surface area contributed by atoms with E-state index in [9.17, 15) is 18.8 Å². The summed E-state index contributed by atoms with van der Waals surface area (Å²) < 4.78 is 19.8. The molecule has 0 bridgehead atoms. The van der Waals surface area contributed by atoms with Crippen LogP contribution in [0.1, 0.15) is 37.4 Å². The number of benzene rings is 1. The smallest absolute Gasteiger partial charge is 0.243 e. The molecule has 37 heavy (non-hydrogen) atoms. The molecule has 11 heteroatoms. The van der Waals surface area contributed by atoms with E-state index < -0.39 is 24.0 Å². The zero-order valence-electron chi connectivity index (χ0n) is 21.2. The second-order valence-electron chi connectivity index (χ2n) is 9.63. The van der Waals surface area contributed by atoms with Gasteiger partial charge in [-0.15, -0.1) is 11.3 Å². The third-order valence-corrected chi connectivity index (χ3v) is 7.51. The van der Waals surface area contributed by atoms with E-state index in [1.807, 2.05) is 5.38 Å². The first kappa shape index (κ1) is 27.0. The Morgan fingerprint density at radius 1 is 1.19 bits per heavy atom. The molecule has 1 aromatic heterocycles. The van der Waals surface area contributed by atoms with Crippen molar-refractivity contribution in [2.45, 2.75) is 57.2 Å². The minimum Gasteiger partial charge on any atom is -0.492 e. The fourth-order valence-corrected chi connectivity index (χ4v) is 4.95. The van der Waals surface area contributed by atoms with E-state index in [-0.39, 0.29) is 36.6 Å². The van der Waals surface area contributed by atoms with Crippen molar-refractivity contribution in [3.05, 3.63) is 46.2 Å². The van der Waals surface area contributed by atoms with Crippen molar-refractivity contribution in [3.8, 4) is 5.75 Å². The minimum atomic E-state index is -0.832. The predicted octanol–water partition coefficient (Wildman–Crippen LogP) is 1.67. The van der Waals surface area contributed by atoms with Crippen LogP contribution >= 0.6 is 11.3 Å². The van der Waals surface area contributed by atoms with Crippen molar-refractivity contribution in [1.82, 2.24) is 25.8 Å². The van der Waals surface area contributed by atoms with Crippen LogP contribution in [0.15, 0.2) is 29.1 Å². The van der Waals surface area contributed by atoms with E-state index in [0.717, 1.165) is 18.4 Å². The highest BCUT2D eigenvalue weighted by molar-refractivity contribution is 7.07. The largest absolute Gasteiger partial charge is 0.492 e. The van der Waals surface area contributed by atoms with Gasteiger partial charge in [-0.2, -0.15) is 0 Å². The second-order valence-corrected chi connectivity index (χ2v) is 10.4. The van der Waals surface area contributed by atoms with E-state index in [2.05, 4.69) is 20.9 Å². The van der Waals surface area contributed by atoms with Crippen molar-refractivity contribution in [1.29, 1.82) is 0 Å². The van der Waals surface area contributed by atoms with Crippen LogP contribution in [-0.2, 0) is 27.2 Å². The van der Waals surface area contributed by atoms with Gasteiger partial charge in [0.15, 0.2) is 0 Å². The van der Waals surface area contributed by atoms with Gasteiger partial charge in [0.2, 0.25) is 17.7 Å². The summed E-state index contributed by atoms with van der Waals surface area (Å²) in [6.45, 7) is 2.70. The van der Waals surface area contributed by atoms with Crippen molar-refractivity contribution in [3.63, 3.8) is 0 Å². The number of carbonyl (C=O) groups excluding carboxylic acids is 3. The van der Waals surface area contributed by atoms with E-state index in [1.54, 1.807) is 25.5 Å². The molecule has 0 spiro atoms. The number of nitrogens with zero attached hydrogens (tertiary/aromatic N) is 2. The Labute approximate surface area is 220 Å². The van der Waals surface area contributed by atoms with Gasteiger partial charge in [-0.3, -0.25) is 14.4 Å². The number of ether oxygens (including phenoxy) is 1. The maximum absolute atomic E-state index is 13.9. The molecule has 0 saturated heterocycles. The molecule has 1 aromatic carbocycles. The van der Waals surface area contributed by atoms with Gasteiger partial charge < -0.3 is 25.6 Å². The zero-order chi connectivity index (χ0) is 26.4. The van der Waals surface area contributed by atoms with E-state index >= 15 is 0 Å². The molecule has 3 amide bonds. The number of fused-ring (bicyclic) bond motifs is 1. The normalized spacial score (nSPS) is 24.8. The highest BCUT2D eigenvalue weighted by atomic mass is 32.1. The van der Waals surface area contributed by atoms with Gasteiger partial charge in [-0.25, -0.2) is 9.37 Å². The average Bonchev–Trinajstić information content (AvgIpc) is 3.59. The fourth-order valence-electron chi connectivity index (χ4n) is 4.38. The molecule has 1 fully saturated rings. The summed E-state index contributed by atoms with van der Waals surface area (Å²) in [7, 11) is 1.60. The fraction of sp³-hybridized carbons (Fsp3) is 0.538. The maximum atomic E-state index is 13.9. The van der Waals surface area contributed by atoms with Gasteiger partial charge in [0.1, 0.15) is 30.3 Å². The first-order valence-electron chi connectivity index (χ1n) is 12.7. The summed E-state index contributed by atoms with van der Waals surface area (Å²) in [5.41, 5.74) is 3.22. The number of amides is 3. The first-order valence-corrected chi connectivity index (χ1v) is 13.6. The van der Waals surface area contributed by atoms with Crippen LogP contribution in [0, 0.1) is 11.7 Å². The van der Waals surface area contributed by atoms with Crippen molar-refractivity contribution >= 4 is 29.1 Å². The van der Waals surface area contributed by atoms with Crippen LogP contribution in [0.5, 0.6) is 5.75 Å². The molecule has 2 aliphatic rings. The summed E-state index contributed by atoms with van der Waals surface area (Å²) in [5, 5.41) is 10.8. The summed E-state index contributed by atoms with van der Waals surface area (Å²) in [4.78, 5) is 45.2. The standard InChI is InChI=1S/C26H34FN5O4S/c1-16-24(33)31-21(13-20-14-37-15-30-20)25(34)29-9-3-4-17-7-8-19(27)12-22(17)36-11-10-28-23(18-5-6-18)26(35)32(16)2/h7-8,12,14-16,18,21,23,28H,3-6,9-11,13H2,1-2H3,(H,29,34)(H,31,33). The maximum Gasteiger partial charge on any atom is 0.243 e. The van der Waals surface area contributed by atoms with Gasteiger partial charge in [0.25, 0.3) is 0 Å². The molecule has 1 saturated carbocycles. The topological polar surface area (TPSA) is 113 Å². The highest BCUT2D eigenvalue weighted by Gasteiger charge is 2.39. The van der Waals surface area contributed by atoms with Crippen LogP contribution < -0.4 is 20.7 Å². The van der Waals surface area contributed by atoms with Crippen LogP contribution in [0.3, 0.4) is 0 Å². The van der Waals surface area contributed by atoms with Crippen LogP contribution in [0.25, 0.3) is 0 Å². The SMILES string of the molecule is CC1C(=O)NC(Cc2cscn2)C(=O)NCCCc2ccc(F)cc2OCCNC(C2CC2)C(=O)N1C. The lowest BCUT2D eigenvalue weighted by Crippen LogP contribution is -2.56. The van der Waals surface area contributed by atoms with Gasteiger partial charge >= 0.3 is 0 Å². The number of halogens is 1. The lowest BCUT2D eigenvalue weighted by atomic mass is 10.1. The number of aromatic nitrogens is 1. The number of thiazole rings is 1. The molecule has 2 heterocycles. The lowest BCUT2D eigenvalue weighted by Gasteiger charge is -2.30. The molecule has 0 radical (unpaired) electrons. The monoisotopic (exact) mass is 531 g/mol. The molecule has 3 unspecified atom stereocenters. The van der Waals surface area contributed by atoms with Gasteiger partial charge in [-0.1, -0.05) is 6.07 Å². The van der Waals surface area contributed by atoms with E-state index in [1.165, 1.54) is 28.4 Å². The average molecular weight is 532 g/mol. The lowest BCUT2D eigenvalue weighted by molar-refractivity contribution is -0.141. The Morgan fingerprint density at radius 3 is 2.73 bits per heavy atom. The zero-order valence-corrected chi connectivity index (χ0v) is 22.0. The molecule has 200 valence electrons. The van der Waals surface area contributed by atoms with Crippen LogP contribution in [0.4, 0.5) is 4.39 Å². The Bertz CT molecular complexity index is 1090. The number of rotatable bonds is 3. The number of nitrogens with one attached hydrogen (secondary N) is 3. The van der Waals surface area contributed by atoms with Crippen molar-refractivity contribution < 1.29 is 23.5 Å². The Kier molecular flexibility index (Phi) is 9.09. The molecule has 3 atom stereocenters. The molecule has 1 aliphatic carbocycles. The molecule has 9 nitrogen and oxygen atoms in total. The number of likely N-dealkylation sites (N-methyl/N-ethyl adjacent to an activating group) is 1. The molecule has 2 aromatic rings. The molecule has 1 aliphatic heterocycles. The van der Waals surface area contributed by atoms with Crippen LogP contribution in [0.2, 0.25) is 0 Å². The van der Waals surface area contributed by atoms with Gasteiger partial charge in [0, 0.05) is 38.0 Å². The predicted molar refractivity (Wildman–Crippen MR) is 138 cm³/mol. The Balaban J connectivity index is 1.54. The molecule has 3 N–H and O–H groups in total. The molecular formula is C26H34FN5O4S. The number of hydrogen-bond acceptors (Lipinski definition) is 7. The summed E-state index contributed by atoms with van der Waals surface area (Å²) in [6.07, 6.45) is 3.30.